The molecule has 0 bridgehead atoms. The third kappa shape index (κ3) is 3.64. The average molecular weight is 228 g/mol. The van der Waals surface area contributed by atoms with Crippen LogP contribution in [0.15, 0.2) is 4.99 Å². The van der Waals surface area contributed by atoms with Gasteiger partial charge in [0.25, 0.3) is 0 Å². The molecule has 2 atom stereocenters. The van der Waals surface area contributed by atoms with E-state index in [1.807, 2.05) is 6.92 Å². The largest absolute Gasteiger partial charge is 1.00 e. The second-order valence-corrected chi connectivity index (χ2v) is 2.47. The number of ether oxygens (including phenoxy) is 1. The number of aliphatic imine (C=N–C) groups is 1. The molecule has 4 heteroatoms. The first kappa shape index (κ1) is 12.2. The number of nitrogens with zero attached hydrogens (tertiary/aromatic N) is 1. The predicted octanol–water partition coefficient (Wildman–Crippen LogP) is -3.05. The topological polar surface area (TPSA) is 44.6 Å². The van der Waals surface area contributed by atoms with Crippen molar-refractivity contribution in [1.29, 1.82) is 0 Å². The monoisotopic (exact) mass is 227 g/mol. The molecule has 0 amide bonds. The van der Waals surface area contributed by atoms with E-state index in [1.54, 1.807) is 6.92 Å². The molecule has 1 rings (SSSR count). The Morgan fingerprint density at radius 2 is 2.45 bits per heavy atom. The van der Waals surface area contributed by atoms with E-state index in [2.05, 4.69) is 4.99 Å². The molecule has 3 nitrogen and oxygen atoms in total. The fraction of sp³-hybridized carbons (Fsp3) is 0.857. The van der Waals surface area contributed by atoms with Crippen LogP contribution >= 0.6 is 0 Å². The third-order valence-corrected chi connectivity index (χ3v) is 1.64. The molecule has 0 N–H and O–H groups in total. The van der Waals surface area contributed by atoms with Crippen molar-refractivity contribution in [1.82, 2.24) is 0 Å². The van der Waals surface area contributed by atoms with Crippen molar-refractivity contribution < 1.29 is 68.0 Å². The van der Waals surface area contributed by atoms with Crippen LogP contribution in [0.2, 0.25) is 0 Å². The minimum absolute atomic E-state index is 0. The minimum Gasteiger partial charge on any atom is -0.850 e. The maximum atomic E-state index is 11.1. The molecular weight excluding hydrogens is 216 g/mol. The Hall–Kier alpha value is 1.24. The first-order valence-corrected chi connectivity index (χ1v) is 3.57. The molecule has 0 aromatic rings. The smallest absolute Gasteiger partial charge is 0.850 e. The summed E-state index contributed by atoms with van der Waals surface area (Å²) >= 11 is 0. The Kier molecular flexibility index (Phi) is 6.46. The Balaban J connectivity index is 0.000001000. The fourth-order valence-electron chi connectivity index (χ4n) is 0.977. The van der Waals surface area contributed by atoms with Gasteiger partial charge in [0.15, 0.2) is 5.90 Å². The van der Waals surface area contributed by atoms with Crippen LogP contribution in [0, 0.1) is 0 Å². The molecule has 0 fully saturated rings. The van der Waals surface area contributed by atoms with E-state index in [4.69, 9.17) is 4.74 Å². The van der Waals surface area contributed by atoms with Crippen molar-refractivity contribution in [2.24, 2.45) is 4.99 Å². The standard InChI is InChI=1S/C7H12NO2.Rb/c1-3-7(9)6-4-10-5(2)8-6;/h6-7H,3-4H2,1-2H3;/q-1;+1. The molecular formula is C7H12NO2Rb. The Labute approximate surface area is 116 Å². The summed E-state index contributed by atoms with van der Waals surface area (Å²) in [6.07, 6.45) is 0.0441. The number of hydrogen-bond acceptors (Lipinski definition) is 3. The summed E-state index contributed by atoms with van der Waals surface area (Å²) in [5.41, 5.74) is 0. The van der Waals surface area contributed by atoms with E-state index in [1.165, 1.54) is 0 Å². The minimum atomic E-state index is -0.586. The zero-order valence-electron chi connectivity index (χ0n) is 7.33. The number of hydrogen-bond donors (Lipinski definition) is 0. The van der Waals surface area contributed by atoms with Gasteiger partial charge >= 0.3 is 58.2 Å². The second kappa shape index (κ2) is 5.81. The van der Waals surface area contributed by atoms with Gasteiger partial charge in [0.2, 0.25) is 0 Å². The van der Waals surface area contributed by atoms with Crippen molar-refractivity contribution in [2.45, 2.75) is 32.4 Å². The van der Waals surface area contributed by atoms with Gasteiger partial charge in [-0.2, -0.15) is 0 Å². The predicted molar refractivity (Wildman–Crippen MR) is 36.9 cm³/mol. The summed E-state index contributed by atoms with van der Waals surface area (Å²) in [6, 6.07) is -0.134. The molecule has 0 saturated carbocycles. The van der Waals surface area contributed by atoms with Crippen molar-refractivity contribution in [2.75, 3.05) is 6.61 Å². The summed E-state index contributed by atoms with van der Waals surface area (Å²) in [5.74, 6) is 0.652. The van der Waals surface area contributed by atoms with E-state index < -0.39 is 6.10 Å². The normalized spacial score (nSPS) is 25.0. The first-order valence-electron chi connectivity index (χ1n) is 3.57. The summed E-state index contributed by atoms with van der Waals surface area (Å²) in [5, 5.41) is 11.1. The Morgan fingerprint density at radius 3 is 2.82 bits per heavy atom. The molecule has 0 aromatic carbocycles. The molecule has 1 aliphatic heterocycles. The van der Waals surface area contributed by atoms with E-state index in [-0.39, 0.29) is 64.2 Å². The zero-order chi connectivity index (χ0) is 7.56. The zero-order valence-corrected chi connectivity index (χ0v) is 12.2. The van der Waals surface area contributed by atoms with Crippen LogP contribution in [0.5, 0.6) is 0 Å². The summed E-state index contributed by atoms with van der Waals surface area (Å²) < 4.78 is 5.04. The van der Waals surface area contributed by atoms with E-state index in [9.17, 15) is 5.11 Å². The quantitative estimate of drug-likeness (QED) is 0.503. The maximum absolute atomic E-state index is 11.1. The van der Waals surface area contributed by atoms with Gasteiger partial charge in [-0.15, -0.1) is 6.10 Å². The molecule has 11 heavy (non-hydrogen) atoms. The summed E-state index contributed by atoms with van der Waals surface area (Å²) in [4.78, 5) is 4.04. The molecule has 58 valence electrons. The van der Waals surface area contributed by atoms with Gasteiger partial charge in [-0.25, -0.2) is 0 Å². The van der Waals surface area contributed by atoms with Crippen LogP contribution in [0.1, 0.15) is 20.3 Å². The SMILES string of the molecule is CCC([O-])C1COC(C)=N1.[Rb+]. The fourth-order valence-corrected chi connectivity index (χ4v) is 0.977. The molecule has 0 aliphatic carbocycles. The van der Waals surface area contributed by atoms with Crippen molar-refractivity contribution in [3.63, 3.8) is 0 Å². The van der Waals surface area contributed by atoms with Crippen LogP contribution in [-0.4, -0.2) is 24.7 Å². The third-order valence-electron chi connectivity index (χ3n) is 1.64. The molecule has 0 radical (unpaired) electrons. The van der Waals surface area contributed by atoms with Gasteiger partial charge in [0.1, 0.15) is 6.61 Å². The van der Waals surface area contributed by atoms with Crippen molar-refractivity contribution >= 4 is 5.90 Å². The molecule has 2 unspecified atom stereocenters. The molecule has 1 aliphatic rings. The van der Waals surface area contributed by atoms with Gasteiger partial charge in [-0.3, -0.25) is 4.99 Å². The van der Waals surface area contributed by atoms with Gasteiger partial charge in [0, 0.05) is 6.92 Å². The van der Waals surface area contributed by atoms with E-state index in [0.717, 1.165) is 0 Å². The Morgan fingerprint density at radius 1 is 1.82 bits per heavy atom. The average Bonchev–Trinajstić information content (AvgIpc) is 2.34. The summed E-state index contributed by atoms with van der Waals surface area (Å²) in [6.45, 7) is 4.14. The van der Waals surface area contributed by atoms with Crippen LogP contribution < -0.4 is 63.3 Å². The van der Waals surface area contributed by atoms with Gasteiger partial charge < -0.3 is 9.84 Å². The van der Waals surface area contributed by atoms with Gasteiger partial charge in [0.05, 0.1) is 6.04 Å². The van der Waals surface area contributed by atoms with Gasteiger partial charge in [-0.1, -0.05) is 13.3 Å². The summed E-state index contributed by atoms with van der Waals surface area (Å²) in [7, 11) is 0. The van der Waals surface area contributed by atoms with Crippen LogP contribution in [0.4, 0.5) is 0 Å². The first-order chi connectivity index (χ1) is 4.74. The van der Waals surface area contributed by atoms with E-state index in [0.29, 0.717) is 18.9 Å². The molecule has 0 saturated heterocycles. The van der Waals surface area contributed by atoms with Gasteiger partial charge in [-0.05, 0) is 0 Å². The van der Waals surface area contributed by atoms with Crippen LogP contribution in [-0.2, 0) is 4.74 Å². The maximum Gasteiger partial charge on any atom is 1.00 e. The molecule has 1 heterocycles. The Bertz CT molecular complexity index is 149. The molecule has 0 aromatic heterocycles. The van der Waals surface area contributed by atoms with Crippen LogP contribution in [0.3, 0.4) is 0 Å². The van der Waals surface area contributed by atoms with Crippen molar-refractivity contribution in [3.05, 3.63) is 0 Å². The molecule has 0 spiro atoms. The van der Waals surface area contributed by atoms with Crippen molar-refractivity contribution in [3.8, 4) is 0 Å². The number of rotatable bonds is 2. The van der Waals surface area contributed by atoms with Crippen LogP contribution in [0.25, 0.3) is 0 Å². The van der Waals surface area contributed by atoms with E-state index >= 15 is 0 Å². The second-order valence-electron chi connectivity index (χ2n) is 2.47.